The molecule has 3 heterocycles. The minimum absolute atomic E-state index is 0.218. The van der Waals surface area contributed by atoms with E-state index in [1.807, 2.05) is 59.4 Å². The van der Waals surface area contributed by atoms with Gasteiger partial charge in [0.25, 0.3) is 5.91 Å². The Kier molecular flexibility index (Phi) is 6.77. The van der Waals surface area contributed by atoms with Crippen molar-refractivity contribution < 1.29 is 14.1 Å². The fourth-order valence-corrected chi connectivity index (χ4v) is 5.18. The van der Waals surface area contributed by atoms with Gasteiger partial charge < -0.3 is 19.7 Å². The average Bonchev–Trinajstić information content (AvgIpc) is 3.55. The van der Waals surface area contributed by atoms with Crippen molar-refractivity contribution in [1.82, 2.24) is 35.3 Å². The van der Waals surface area contributed by atoms with Gasteiger partial charge in [0.15, 0.2) is 5.16 Å². The van der Waals surface area contributed by atoms with E-state index in [9.17, 15) is 9.59 Å². The maximum Gasteiger partial charge on any atom is 0.255 e. The first-order chi connectivity index (χ1) is 19.4. The number of para-hydroxylation sites is 1. The zero-order valence-corrected chi connectivity index (χ0v) is 23.2. The summed E-state index contributed by atoms with van der Waals surface area (Å²) in [5.41, 5.74) is 2.72. The van der Waals surface area contributed by atoms with E-state index < -0.39 is 5.54 Å². The highest BCUT2D eigenvalue weighted by atomic mass is 35.5. The molecule has 5 aromatic rings. The molecular formula is C28H24ClN7O3S. The number of hydrogen-bond donors (Lipinski definition) is 2. The second kappa shape index (κ2) is 10.4. The molecule has 3 aromatic heterocycles. The van der Waals surface area contributed by atoms with Crippen molar-refractivity contribution in [2.75, 3.05) is 6.26 Å². The molecular weight excluding hydrogens is 550 g/mol. The highest BCUT2D eigenvalue weighted by Gasteiger charge is 2.51. The van der Waals surface area contributed by atoms with E-state index in [4.69, 9.17) is 16.1 Å². The molecule has 40 heavy (non-hydrogen) atoms. The smallest absolute Gasteiger partial charge is 0.255 e. The number of rotatable bonds is 8. The summed E-state index contributed by atoms with van der Waals surface area (Å²) in [4.78, 5) is 38.3. The molecule has 1 aliphatic rings. The molecule has 0 spiro atoms. The predicted molar refractivity (Wildman–Crippen MR) is 151 cm³/mol. The molecule has 2 aromatic carbocycles. The third kappa shape index (κ3) is 4.82. The van der Waals surface area contributed by atoms with Gasteiger partial charge in [-0.3, -0.25) is 9.59 Å². The lowest BCUT2D eigenvalue weighted by Crippen LogP contribution is -2.48. The second-order valence-electron chi connectivity index (χ2n) is 9.50. The maximum absolute atomic E-state index is 13.0. The molecule has 12 heteroatoms. The van der Waals surface area contributed by atoms with Crippen molar-refractivity contribution in [3.63, 3.8) is 0 Å². The normalized spacial score (nSPS) is 13.8. The summed E-state index contributed by atoms with van der Waals surface area (Å²) >= 11 is 8.17. The zero-order chi connectivity index (χ0) is 27.9. The molecule has 1 aliphatic carbocycles. The number of nitrogens with one attached hydrogen (secondary N) is 2. The van der Waals surface area contributed by atoms with Crippen LogP contribution in [0.2, 0.25) is 5.02 Å². The number of fused-ring (bicyclic) bond motifs is 1. The van der Waals surface area contributed by atoms with Gasteiger partial charge in [0.1, 0.15) is 11.2 Å². The van der Waals surface area contributed by atoms with Crippen LogP contribution in [-0.4, -0.2) is 48.3 Å². The number of aryl methyl sites for hydroxylation is 1. The molecule has 1 fully saturated rings. The summed E-state index contributed by atoms with van der Waals surface area (Å²) in [7, 11) is 0. The highest BCUT2D eigenvalue weighted by Crippen LogP contribution is 2.39. The lowest BCUT2D eigenvalue weighted by atomic mass is 10.1. The number of amides is 2. The Labute approximate surface area is 238 Å². The van der Waals surface area contributed by atoms with E-state index in [0.29, 0.717) is 52.5 Å². The van der Waals surface area contributed by atoms with Crippen LogP contribution < -0.4 is 10.6 Å². The van der Waals surface area contributed by atoms with Crippen molar-refractivity contribution in [3.8, 4) is 17.2 Å². The Balaban J connectivity index is 1.17. The van der Waals surface area contributed by atoms with E-state index in [1.165, 1.54) is 24.2 Å². The largest absolute Gasteiger partial charge is 0.350 e. The molecule has 6 rings (SSSR count). The summed E-state index contributed by atoms with van der Waals surface area (Å²) in [6, 6.07) is 15.6. The van der Waals surface area contributed by atoms with Crippen LogP contribution in [0.25, 0.3) is 28.1 Å². The van der Waals surface area contributed by atoms with Crippen LogP contribution in [0.1, 0.15) is 34.7 Å². The van der Waals surface area contributed by atoms with Gasteiger partial charge in [-0.25, -0.2) is 9.97 Å². The predicted octanol–water partition coefficient (Wildman–Crippen LogP) is 4.73. The molecule has 0 radical (unpaired) electrons. The molecule has 0 saturated heterocycles. The lowest BCUT2D eigenvalue weighted by molar-refractivity contribution is -0.124. The molecule has 202 valence electrons. The van der Waals surface area contributed by atoms with Crippen LogP contribution >= 0.6 is 23.4 Å². The average molecular weight is 574 g/mol. The van der Waals surface area contributed by atoms with Crippen molar-refractivity contribution in [3.05, 3.63) is 83.0 Å². The van der Waals surface area contributed by atoms with Crippen LogP contribution in [0.4, 0.5) is 0 Å². The van der Waals surface area contributed by atoms with Crippen LogP contribution in [0.5, 0.6) is 0 Å². The van der Waals surface area contributed by atoms with Gasteiger partial charge in [-0.15, -0.1) is 0 Å². The Morgan fingerprint density at radius 3 is 2.48 bits per heavy atom. The van der Waals surface area contributed by atoms with Crippen LogP contribution in [0, 0.1) is 6.92 Å². The molecule has 0 aliphatic heterocycles. The quantitative estimate of drug-likeness (QED) is 0.201. The first-order valence-corrected chi connectivity index (χ1v) is 14.1. The van der Waals surface area contributed by atoms with Crippen LogP contribution in [0.3, 0.4) is 0 Å². The Bertz CT molecular complexity index is 1730. The van der Waals surface area contributed by atoms with Crippen LogP contribution in [-0.2, 0) is 11.3 Å². The summed E-state index contributed by atoms with van der Waals surface area (Å²) in [5.74, 6) is 0.262. The van der Waals surface area contributed by atoms with E-state index in [1.54, 1.807) is 6.92 Å². The van der Waals surface area contributed by atoms with E-state index >= 15 is 0 Å². The third-order valence-corrected chi connectivity index (χ3v) is 7.77. The molecule has 0 unspecified atom stereocenters. The molecule has 10 nitrogen and oxygen atoms in total. The number of carbonyl (C=O) groups excluding carboxylic acids is 2. The van der Waals surface area contributed by atoms with Gasteiger partial charge >= 0.3 is 0 Å². The third-order valence-electron chi connectivity index (χ3n) is 6.81. The molecule has 1 saturated carbocycles. The summed E-state index contributed by atoms with van der Waals surface area (Å²) in [6.07, 6.45) is 5.95. The fraction of sp³-hybridized carbons (Fsp3) is 0.214. The van der Waals surface area contributed by atoms with Crippen molar-refractivity contribution in [1.29, 1.82) is 0 Å². The van der Waals surface area contributed by atoms with Crippen molar-refractivity contribution >= 4 is 46.1 Å². The molecule has 2 N–H and O–H groups in total. The van der Waals surface area contributed by atoms with Gasteiger partial charge in [0.05, 0.1) is 16.1 Å². The highest BCUT2D eigenvalue weighted by molar-refractivity contribution is 7.98. The molecule has 2 amide bonds. The standard InChI is InChI=1S/C28H24ClN7O3S/c1-16-33-24(35-39-16)23-22(29)20-5-3-4-6-21(20)36(23)19-9-7-17(8-10-19)13-30-26(38)28(11-12-28)34-25(37)18-14-31-27(40-2)32-15-18/h3-10,14-15H,11-13H2,1-2H3,(H,30,38)(H,34,37). The number of thioether (sulfide) groups is 1. The minimum atomic E-state index is -0.909. The minimum Gasteiger partial charge on any atom is -0.350 e. The number of benzene rings is 2. The first-order valence-electron chi connectivity index (χ1n) is 12.5. The topological polar surface area (TPSA) is 128 Å². The SMILES string of the molecule is CSc1ncc(C(=O)NC2(C(=O)NCc3ccc(-n4c(-c5noc(C)n5)c(Cl)c5ccccc54)cc3)CC2)cn1. The van der Waals surface area contributed by atoms with Crippen LogP contribution in [0.15, 0.2) is 70.6 Å². The number of halogens is 1. The Morgan fingerprint density at radius 2 is 1.82 bits per heavy atom. The number of aromatic nitrogens is 5. The van der Waals surface area contributed by atoms with Gasteiger partial charge in [0, 0.05) is 36.9 Å². The van der Waals surface area contributed by atoms with E-state index in [2.05, 4.69) is 30.7 Å². The summed E-state index contributed by atoms with van der Waals surface area (Å²) in [6.45, 7) is 2.04. The maximum atomic E-state index is 13.0. The van der Waals surface area contributed by atoms with E-state index in [-0.39, 0.29) is 11.8 Å². The van der Waals surface area contributed by atoms with Gasteiger partial charge in [-0.2, -0.15) is 4.98 Å². The Morgan fingerprint density at radius 1 is 1.10 bits per heavy atom. The number of hydrogen-bond acceptors (Lipinski definition) is 8. The van der Waals surface area contributed by atoms with E-state index in [0.717, 1.165) is 22.2 Å². The van der Waals surface area contributed by atoms with Crippen molar-refractivity contribution in [2.24, 2.45) is 0 Å². The second-order valence-corrected chi connectivity index (χ2v) is 10.6. The number of carbonyl (C=O) groups is 2. The Hall–Kier alpha value is -4.22. The van der Waals surface area contributed by atoms with Gasteiger partial charge in [-0.1, -0.05) is 58.9 Å². The summed E-state index contributed by atoms with van der Waals surface area (Å²) in [5, 5.41) is 11.9. The monoisotopic (exact) mass is 573 g/mol. The lowest BCUT2D eigenvalue weighted by Gasteiger charge is -2.17. The molecule has 0 atom stereocenters. The van der Waals surface area contributed by atoms with Gasteiger partial charge in [0.2, 0.25) is 17.6 Å². The zero-order valence-electron chi connectivity index (χ0n) is 21.6. The summed E-state index contributed by atoms with van der Waals surface area (Å²) < 4.78 is 7.21. The molecule has 0 bridgehead atoms. The first kappa shape index (κ1) is 26.0. The van der Waals surface area contributed by atoms with Gasteiger partial charge in [-0.05, 0) is 42.9 Å². The fourth-order valence-electron chi connectivity index (χ4n) is 4.54. The number of nitrogens with zero attached hydrogens (tertiary/aromatic N) is 5. The van der Waals surface area contributed by atoms with Crippen molar-refractivity contribution in [2.45, 2.75) is 37.0 Å².